The lowest BCUT2D eigenvalue weighted by atomic mass is 9.76. The Hall–Kier alpha value is -1.09. The van der Waals surface area contributed by atoms with Crippen LogP contribution in [0.3, 0.4) is 0 Å². The summed E-state index contributed by atoms with van der Waals surface area (Å²) >= 11 is 3.75. The number of hydrogen-bond donors (Lipinski definition) is 0. The van der Waals surface area contributed by atoms with Crippen LogP contribution < -0.4 is 0 Å². The quantitative estimate of drug-likeness (QED) is 0.711. The first-order chi connectivity index (χ1) is 9.65. The molecule has 0 aliphatic carbocycles. The molecule has 1 unspecified atom stereocenters. The molecule has 1 atom stereocenters. The summed E-state index contributed by atoms with van der Waals surface area (Å²) < 4.78 is 2.13. The van der Waals surface area contributed by atoms with Gasteiger partial charge in [0.05, 0.1) is 5.69 Å². The number of halogens is 1. The van der Waals surface area contributed by atoms with Crippen molar-refractivity contribution >= 4 is 15.9 Å². The fourth-order valence-electron chi connectivity index (χ4n) is 2.80. The topological polar surface area (TPSA) is 17.8 Å². The second kappa shape index (κ2) is 6.57. The van der Waals surface area contributed by atoms with E-state index in [0.29, 0.717) is 0 Å². The minimum Gasteiger partial charge on any atom is -0.270 e. The molecule has 0 amide bonds. The van der Waals surface area contributed by atoms with Crippen molar-refractivity contribution in [2.45, 2.75) is 45.6 Å². The van der Waals surface area contributed by atoms with Crippen LogP contribution in [-0.2, 0) is 18.4 Å². The van der Waals surface area contributed by atoms with Crippen LogP contribution in [0.4, 0.5) is 0 Å². The highest BCUT2D eigenvalue weighted by Gasteiger charge is 2.30. The molecule has 0 fully saturated rings. The molecule has 0 bridgehead atoms. The van der Waals surface area contributed by atoms with E-state index in [1.807, 2.05) is 0 Å². The van der Waals surface area contributed by atoms with E-state index in [9.17, 15) is 0 Å². The van der Waals surface area contributed by atoms with E-state index < -0.39 is 0 Å². The average molecular weight is 335 g/mol. The molecule has 20 heavy (non-hydrogen) atoms. The Morgan fingerprint density at radius 3 is 2.45 bits per heavy atom. The van der Waals surface area contributed by atoms with Crippen LogP contribution in [0.1, 0.15) is 37.2 Å². The SMILES string of the molecule is CCn1nc(C)cc1CC(CC)(CBr)c1ccccc1. The van der Waals surface area contributed by atoms with Gasteiger partial charge in [0.1, 0.15) is 0 Å². The van der Waals surface area contributed by atoms with Crippen molar-refractivity contribution in [1.82, 2.24) is 9.78 Å². The van der Waals surface area contributed by atoms with Crippen LogP contribution in [0, 0.1) is 6.92 Å². The van der Waals surface area contributed by atoms with E-state index in [1.54, 1.807) is 0 Å². The summed E-state index contributed by atoms with van der Waals surface area (Å²) in [5.74, 6) is 0. The zero-order chi connectivity index (χ0) is 14.6. The normalized spacial score (nSPS) is 14.2. The van der Waals surface area contributed by atoms with Crippen LogP contribution in [0.25, 0.3) is 0 Å². The van der Waals surface area contributed by atoms with E-state index in [-0.39, 0.29) is 5.41 Å². The molecule has 1 aromatic carbocycles. The molecule has 1 aromatic heterocycles. The van der Waals surface area contributed by atoms with Gasteiger partial charge in [-0.1, -0.05) is 53.2 Å². The molecule has 0 aliphatic heterocycles. The Kier molecular flexibility index (Phi) is 5.03. The van der Waals surface area contributed by atoms with Crippen LogP contribution in [-0.4, -0.2) is 15.1 Å². The van der Waals surface area contributed by atoms with Crippen molar-refractivity contribution in [2.75, 3.05) is 5.33 Å². The molecular formula is C17H23BrN2. The number of aromatic nitrogens is 2. The summed E-state index contributed by atoms with van der Waals surface area (Å²) in [6.07, 6.45) is 2.13. The third-order valence-corrected chi connectivity index (χ3v) is 5.20. The maximum absolute atomic E-state index is 4.58. The van der Waals surface area contributed by atoms with Crippen molar-refractivity contribution in [3.05, 3.63) is 53.3 Å². The lowest BCUT2D eigenvalue weighted by Crippen LogP contribution is -2.31. The van der Waals surface area contributed by atoms with Crippen molar-refractivity contribution < 1.29 is 0 Å². The zero-order valence-electron chi connectivity index (χ0n) is 12.6. The number of nitrogens with zero attached hydrogens (tertiary/aromatic N) is 2. The van der Waals surface area contributed by atoms with Gasteiger partial charge in [0.15, 0.2) is 0 Å². The van der Waals surface area contributed by atoms with Gasteiger partial charge in [-0.25, -0.2) is 0 Å². The molecule has 0 N–H and O–H groups in total. The monoisotopic (exact) mass is 334 g/mol. The van der Waals surface area contributed by atoms with Gasteiger partial charge in [0.25, 0.3) is 0 Å². The molecule has 2 nitrogen and oxygen atoms in total. The Labute approximate surface area is 130 Å². The van der Waals surface area contributed by atoms with Gasteiger partial charge in [-0.05, 0) is 38.3 Å². The predicted molar refractivity (Wildman–Crippen MR) is 88.5 cm³/mol. The van der Waals surface area contributed by atoms with Gasteiger partial charge < -0.3 is 0 Å². The first-order valence-electron chi connectivity index (χ1n) is 7.30. The lowest BCUT2D eigenvalue weighted by molar-refractivity contribution is 0.442. The lowest BCUT2D eigenvalue weighted by Gasteiger charge is -2.31. The smallest absolute Gasteiger partial charge is 0.0596 e. The first kappa shape index (κ1) is 15.3. The minimum absolute atomic E-state index is 0.140. The summed E-state index contributed by atoms with van der Waals surface area (Å²) in [4.78, 5) is 0. The molecule has 0 saturated heterocycles. The molecular weight excluding hydrogens is 312 g/mol. The predicted octanol–water partition coefficient (Wildman–Crippen LogP) is 4.50. The Balaban J connectivity index is 2.39. The maximum Gasteiger partial charge on any atom is 0.0596 e. The Morgan fingerprint density at radius 1 is 1.20 bits per heavy atom. The van der Waals surface area contributed by atoms with E-state index >= 15 is 0 Å². The molecule has 3 heteroatoms. The second-order valence-corrected chi connectivity index (χ2v) is 5.96. The largest absolute Gasteiger partial charge is 0.270 e. The van der Waals surface area contributed by atoms with Gasteiger partial charge in [0, 0.05) is 23.0 Å². The minimum atomic E-state index is 0.140. The van der Waals surface area contributed by atoms with E-state index in [1.165, 1.54) is 11.3 Å². The first-order valence-corrected chi connectivity index (χ1v) is 8.42. The molecule has 1 heterocycles. The third-order valence-electron chi connectivity index (χ3n) is 4.12. The third kappa shape index (κ3) is 2.98. The van der Waals surface area contributed by atoms with Gasteiger partial charge in [-0.15, -0.1) is 0 Å². The Morgan fingerprint density at radius 2 is 1.90 bits per heavy atom. The van der Waals surface area contributed by atoms with E-state index in [2.05, 4.69) is 82.9 Å². The van der Waals surface area contributed by atoms with Gasteiger partial charge in [0.2, 0.25) is 0 Å². The number of alkyl halides is 1. The summed E-state index contributed by atoms with van der Waals surface area (Å²) in [6, 6.07) is 13.0. The fraction of sp³-hybridized carbons (Fsp3) is 0.471. The zero-order valence-corrected chi connectivity index (χ0v) is 14.2. The number of aryl methyl sites for hydroxylation is 2. The Bertz CT molecular complexity index is 541. The molecule has 0 radical (unpaired) electrons. The van der Waals surface area contributed by atoms with Crippen molar-refractivity contribution in [3.8, 4) is 0 Å². The highest BCUT2D eigenvalue weighted by atomic mass is 79.9. The number of hydrogen-bond acceptors (Lipinski definition) is 1. The van der Waals surface area contributed by atoms with E-state index in [0.717, 1.165) is 30.4 Å². The van der Waals surface area contributed by atoms with E-state index in [4.69, 9.17) is 0 Å². The second-order valence-electron chi connectivity index (χ2n) is 5.40. The van der Waals surface area contributed by atoms with Crippen LogP contribution in [0.5, 0.6) is 0 Å². The summed E-state index contributed by atoms with van der Waals surface area (Å²) in [5.41, 5.74) is 3.98. The van der Waals surface area contributed by atoms with Crippen LogP contribution >= 0.6 is 15.9 Å². The van der Waals surface area contributed by atoms with Crippen LogP contribution in [0.2, 0.25) is 0 Å². The van der Waals surface area contributed by atoms with Crippen molar-refractivity contribution in [1.29, 1.82) is 0 Å². The van der Waals surface area contributed by atoms with Crippen LogP contribution in [0.15, 0.2) is 36.4 Å². The maximum atomic E-state index is 4.58. The molecule has 0 spiro atoms. The van der Waals surface area contributed by atoms with Crippen molar-refractivity contribution in [2.24, 2.45) is 0 Å². The molecule has 0 aliphatic rings. The van der Waals surface area contributed by atoms with Gasteiger partial charge in [-0.2, -0.15) is 5.10 Å². The summed E-state index contributed by atoms with van der Waals surface area (Å²) in [7, 11) is 0. The molecule has 2 rings (SSSR count). The molecule has 0 saturated carbocycles. The standard InChI is InChI=1S/C17H23BrN2/c1-4-17(13-18,15-9-7-6-8-10-15)12-16-11-14(3)19-20(16)5-2/h6-11H,4-5,12-13H2,1-3H3. The number of rotatable bonds is 6. The average Bonchev–Trinajstić information content (AvgIpc) is 2.85. The number of benzene rings is 1. The fourth-order valence-corrected chi connectivity index (χ4v) is 3.72. The highest BCUT2D eigenvalue weighted by molar-refractivity contribution is 9.09. The van der Waals surface area contributed by atoms with Crippen molar-refractivity contribution in [3.63, 3.8) is 0 Å². The van der Waals surface area contributed by atoms with Gasteiger partial charge in [-0.3, -0.25) is 4.68 Å². The summed E-state index contributed by atoms with van der Waals surface area (Å²) in [5, 5.41) is 5.54. The van der Waals surface area contributed by atoms with Gasteiger partial charge >= 0.3 is 0 Å². The molecule has 108 valence electrons. The molecule has 2 aromatic rings. The highest BCUT2D eigenvalue weighted by Crippen LogP contribution is 2.34. The summed E-state index contributed by atoms with van der Waals surface area (Å²) in [6.45, 7) is 7.42.